The number of likely N-dealkylation sites (N-methyl/N-ethyl adjacent to an activating group) is 2. The second kappa shape index (κ2) is 10.5. The summed E-state index contributed by atoms with van der Waals surface area (Å²) >= 11 is 0. The lowest BCUT2D eigenvalue weighted by Gasteiger charge is -2.30. The number of amides is 2. The molecule has 1 unspecified atom stereocenters. The predicted octanol–water partition coefficient (Wildman–Crippen LogP) is 1.52. The van der Waals surface area contributed by atoms with E-state index in [2.05, 4.69) is 15.6 Å². The highest BCUT2D eigenvalue weighted by Crippen LogP contribution is 2.31. The van der Waals surface area contributed by atoms with E-state index < -0.39 is 42.4 Å². The molecule has 1 aromatic heterocycles. The van der Waals surface area contributed by atoms with Crippen LogP contribution in [0, 0.1) is 5.41 Å². The van der Waals surface area contributed by atoms with Gasteiger partial charge in [0, 0.05) is 38.5 Å². The number of carbonyl (C=O) groups excluding carboxylic acids is 2. The second-order valence-electron chi connectivity index (χ2n) is 7.77. The fraction of sp³-hybridized carbons (Fsp3) is 0.364. The fourth-order valence-corrected chi connectivity index (χ4v) is 3.13. The third-order valence-corrected chi connectivity index (χ3v) is 4.88. The Bertz CT molecular complexity index is 1060. The quantitative estimate of drug-likeness (QED) is 0.417. The van der Waals surface area contributed by atoms with E-state index in [1.54, 1.807) is 0 Å². The van der Waals surface area contributed by atoms with E-state index in [9.17, 15) is 27.9 Å². The third kappa shape index (κ3) is 6.01. The summed E-state index contributed by atoms with van der Waals surface area (Å²) in [5, 5.41) is 23.0. The smallest absolute Gasteiger partial charge is 0.433 e. The van der Waals surface area contributed by atoms with E-state index in [0.717, 1.165) is 6.20 Å². The topological polar surface area (TPSA) is 128 Å². The van der Waals surface area contributed by atoms with Gasteiger partial charge in [0.15, 0.2) is 5.69 Å². The van der Waals surface area contributed by atoms with Crippen molar-refractivity contribution in [1.29, 1.82) is 5.41 Å². The molecule has 1 aliphatic rings. The van der Waals surface area contributed by atoms with Crippen molar-refractivity contribution in [3.05, 3.63) is 64.8 Å². The van der Waals surface area contributed by atoms with Gasteiger partial charge in [0.2, 0.25) is 5.91 Å². The summed E-state index contributed by atoms with van der Waals surface area (Å²) in [7, 11) is 4.37. The zero-order valence-corrected chi connectivity index (χ0v) is 19.1. The van der Waals surface area contributed by atoms with Crippen LogP contribution in [0.15, 0.2) is 53.6 Å². The van der Waals surface area contributed by atoms with Gasteiger partial charge in [0.25, 0.3) is 5.91 Å². The summed E-state index contributed by atoms with van der Waals surface area (Å²) in [6.45, 7) is 0.241. The standard InChI is InChI=1S/C22H26F3N5O4/c1-21(12-31,20(33)30(3)4)29-19(32)17(27-2)15-10-14(7-8-16(15)26)34-11-13-6-5-9-28-18(13)22(23,24)25/h5-10,26-27,31H,11-12H2,1-4H3,(H,29,32)/b17-15-,26-16?. The summed E-state index contributed by atoms with van der Waals surface area (Å²) < 4.78 is 45.0. The van der Waals surface area contributed by atoms with Gasteiger partial charge >= 0.3 is 6.18 Å². The summed E-state index contributed by atoms with van der Waals surface area (Å²) in [5.41, 5.74) is -2.95. The average Bonchev–Trinajstić information content (AvgIpc) is 2.78. The zero-order chi connectivity index (χ0) is 25.7. The van der Waals surface area contributed by atoms with Gasteiger partial charge in [-0.3, -0.25) is 14.6 Å². The van der Waals surface area contributed by atoms with Crippen molar-refractivity contribution in [2.24, 2.45) is 0 Å². The van der Waals surface area contributed by atoms with Crippen LogP contribution in [0.25, 0.3) is 0 Å². The number of ether oxygens (including phenoxy) is 1. The first-order valence-electron chi connectivity index (χ1n) is 10.0. The number of rotatable bonds is 8. The monoisotopic (exact) mass is 481 g/mol. The minimum absolute atomic E-state index is 0.0751. The number of aromatic nitrogens is 1. The fourth-order valence-electron chi connectivity index (χ4n) is 3.13. The molecule has 34 heavy (non-hydrogen) atoms. The number of aliphatic hydroxyl groups is 1. The number of aliphatic hydroxyl groups excluding tert-OH is 1. The molecule has 0 bridgehead atoms. The van der Waals surface area contributed by atoms with Gasteiger partial charge in [-0.1, -0.05) is 6.07 Å². The number of hydrogen-bond acceptors (Lipinski definition) is 7. The van der Waals surface area contributed by atoms with Crippen LogP contribution in [0.2, 0.25) is 0 Å². The van der Waals surface area contributed by atoms with Crippen molar-refractivity contribution in [2.45, 2.75) is 25.2 Å². The summed E-state index contributed by atoms with van der Waals surface area (Å²) in [6.07, 6.45) is 0.410. The molecule has 1 aliphatic carbocycles. The molecule has 4 N–H and O–H groups in total. The molecular formula is C22H26F3N5O4. The normalized spacial score (nSPS) is 16.8. The van der Waals surface area contributed by atoms with Gasteiger partial charge < -0.3 is 30.8 Å². The number of allylic oxidation sites excluding steroid dienone is 4. The molecule has 0 aromatic carbocycles. The van der Waals surface area contributed by atoms with E-state index in [4.69, 9.17) is 10.1 Å². The number of alkyl halides is 3. The number of nitrogens with zero attached hydrogens (tertiary/aromatic N) is 2. The number of nitrogens with one attached hydrogen (secondary N) is 3. The van der Waals surface area contributed by atoms with Crippen LogP contribution in [0.1, 0.15) is 18.2 Å². The highest BCUT2D eigenvalue weighted by atomic mass is 19.4. The number of hydrogen-bond donors (Lipinski definition) is 4. The van der Waals surface area contributed by atoms with Crippen LogP contribution in [0.3, 0.4) is 0 Å². The molecule has 1 heterocycles. The van der Waals surface area contributed by atoms with E-state index in [1.165, 1.54) is 63.3 Å². The van der Waals surface area contributed by atoms with Crippen LogP contribution in [-0.4, -0.2) is 65.8 Å². The maximum absolute atomic E-state index is 13.2. The van der Waals surface area contributed by atoms with Crippen molar-refractivity contribution in [2.75, 3.05) is 27.7 Å². The number of halogens is 3. The van der Waals surface area contributed by atoms with E-state index >= 15 is 0 Å². The van der Waals surface area contributed by atoms with E-state index in [-0.39, 0.29) is 28.3 Å². The molecule has 0 saturated heterocycles. The molecule has 1 atom stereocenters. The van der Waals surface area contributed by atoms with Crippen LogP contribution < -0.4 is 10.6 Å². The van der Waals surface area contributed by atoms with E-state index in [0.29, 0.717) is 0 Å². The molecule has 9 nitrogen and oxygen atoms in total. The van der Waals surface area contributed by atoms with Crippen molar-refractivity contribution >= 4 is 17.5 Å². The average molecular weight is 481 g/mol. The van der Waals surface area contributed by atoms with Crippen LogP contribution >= 0.6 is 0 Å². The predicted molar refractivity (Wildman–Crippen MR) is 117 cm³/mol. The van der Waals surface area contributed by atoms with Crippen molar-refractivity contribution < 1.29 is 32.6 Å². The Morgan fingerprint density at radius 1 is 1.26 bits per heavy atom. The Hall–Kier alpha value is -3.67. The molecule has 0 saturated carbocycles. The van der Waals surface area contributed by atoms with Crippen LogP contribution in [0.5, 0.6) is 0 Å². The molecule has 184 valence electrons. The highest BCUT2D eigenvalue weighted by Gasteiger charge is 2.37. The molecule has 0 aliphatic heterocycles. The van der Waals surface area contributed by atoms with E-state index in [1.807, 2.05) is 0 Å². The maximum atomic E-state index is 13.2. The molecule has 0 fully saturated rings. The lowest BCUT2D eigenvalue weighted by molar-refractivity contribution is -0.142. The van der Waals surface area contributed by atoms with Crippen molar-refractivity contribution in [3.63, 3.8) is 0 Å². The number of carbonyl (C=O) groups is 2. The largest absolute Gasteiger partial charge is 0.489 e. The first-order valence-corrected chi connectivity index (χ1v) is 10.0. The minimum atomic E-state index is -4.65. The maximum Gasteiger partial charge on any atom is 0.433 e. The van der Waals surface area contributed by atoms with Gasteiger partial charge in [0.05, 0.1) is 12.3 Å². The number of pyridine rings is 1. The van der Waals surface area contributed by atoms with Crippen LogP contribution in [-0.2, 0) is 27.1 Å². The van der Waals surface area contributed by atoms with Gasteiger partial charge in [-0.25, -0.2) is 0 Å². The minimum Gasteiger partial charge on any atom is -0.489 e. The van der Waals surface area contributed by atoms with Gasteiger partial charge in [-0.15, -0.1) is 0 Å². The summed E-state index contributed by atoms with van der Waals surface area (Å²) in [6, 6.07) is 2.60. The summed E-state index contributed by atoms with van der Waals surface area (Å²) in [4.78, 5) is 29.9. The SMILES string of the molecule is CN/C(C(=O)NC(C)(CO)C(=O)N(C)C)=C1/C=C(OCc2cccnc2C(F)(F)F)C=CC1=N. The van der Waals surface area contributed by atoms with Crippen molar-refractivity contribution in [1.82, 2.24) is 20.5 Å². The Kier molecular flexibility index (Phi) is 8.22. The van der Waals surface area contributed by atoms with Crippen molar-refractivity contribution in [3.8, 4) is 0 Å². The molecule has 0 spiro atoms. The molecular weight excluding hydrogens is 455 g/mol. The first kappa shape index (κ1) is 26.6. The zero-order valence-electron chi connectivity index (χ0n) is 19.1. The van der Waals surface area contributed by atoms with Gasteiger partial charge in [0.1, 0.15) is 23.6 Å². The molecule has 2 rings (SSSR count). The Balaban J connectivity index is 2.32. The molecule has 2 amide bonds. The lowest BCUT2D eigenvalue weighted by Crippen LogP contribution is -2.59. The Morgan fingerprint density at radius 2 is 1.94 bits per heavy atom. The highest BCUT2D eigenvalue weighted by molar-refractivity contribution is 6.15. The molecule has 1 aromatic rings. The third-order valence-electron chi connectivity index (χ3n) is 4.88. The van der Waals surface area contributed by atoms with Gasteiger partial charge in [-0.05, 0) is 31.2 Å². The second-order valence-corrected chi connectivity index (χ2v) is 7.77. The lowest BCUT2D eigenvalue weighted by atomic mass is 9.99. The molecule has 12 heteroatoms. The first-order chi connectivity index (χ1) is 15.8. The molecule has 0 radical (unpaired) electrons. The van der Waals surface area contributed by atoms with Crippen LogP contribution in [0.4, 0.5) is 13.2 Å². The Morgan fingerprint density at radius 3 is 2.50 bits per heavy atom. The van der Waals surface area contributed by atoms with Gasteiger partial charge in [-0.2, -0.15) is 13.2 Å². The Labute approximate surface area is 194 Å². The summed E-state index contributed by atoms with van der Waals surface area (Å²) in [5.74, 6) is -1.21.